The van der Waals surface area contributed by atoms with Gasteiger partial charge in [-0.05, 0) is 49.8 Å². The molecule has 134 valence electrons. The Bertz CT molecular complexity index is 940. The van der Waals surface area contributed by atoms with Gasteiger partial charge in [-0.25, -0.2) is 9.97 Å². The number of hydrogen-bond acceptors (Lipinski definition) is 5. The third-order valence-electron chi connectivity index (χ3n) is 5.77. The molecule has 0 spiro atoms. The van der Waals surface area contributed by atoms with Crippen LogP contribution in [-0.4, -0.2) is 36.1 Å². The number of nitrogens with zero attached hydrogens (tertiary/aromatic N) is 4. The molecule has 5 rings (SSSR count). The van der Waals surface area contributed by atoms with Crippen LogP contribution >= 0.6 is 11.3 Å². The van der Waals surface area contributed by atoms with Crippen molar-refractivity contribution in [3.05, 3.63) is 46.6 Å². The Labute approximate surface area is 158 Å². The highest BCUT2D eigenvalue weighted by molar-refractivity contribution is 7.19. The third-order valence-corrected chi connectivity index (χ3v) is 6.97. The standard InChI is InChI=1S/C21H24N4S/c1-15-6-2-4-8-17(15)24-10-12-25(13-11-24)20-19-16-7-3-5-9-18(16)26-21(19)23-14-22-20/h2,4,6,8,14H,3,5,7,9-13H2,1H3. The summed E-state index contributed by atoms with van der Waals surface area (Å²) in [5, 5.41) is 1.34. The zero-order valence-electron chi connectivity index (χ0n) is 15.2. The second kappa shape index (κ2) is 6.54. The second-order valence-electron chi connectivity index (χ2n) is 7.35. The van der Waals surface area contributed by atoms with Crippen molar-refractivity contribution in [2.45, 2.75) is 32.6 Å². The van der Waals surface area contributed by atoms with Gasteiger partial charge in [-0.3, -0.25) is 0 Å². The molecule has 1 aliphatic heterocycles. The van der Waals surface area contributed by atoms with E-state index in [2.05, 4.69) is 46.0 Å². The Morgan fingerprint density at radius 1 is 0.923 bits per heavy atom. The lowest BCUT2D eigenvalue weighted by atomic mass is 9.97. The first kappa shape index (κ1) is 16.1. The van der Waals surface area contributed by atoms with Crippen LogP contribution in [0.4, 0.5) is 11.5 Å². The van der Waals surface area contributed by atoms with Crippen LogP contribution in [0, 0.1) is 6.92 Å². The molecule has 3 heterocycles. The molecule has 1 fully saturated rings. The molecule has 1 aromatic carbocycles. The number of benzene rings is 1. The predicted octanol–water partition coefficient (Wildman–Crippen LogP) is 4.21. The number of rotatable bonds is 2. The van der Waals surface area contributed by atoms with Crippen molar-refractivity contribution >= 4 is 33.1 Å². The molecule has 0 N–H and O–H groups in total. The van der Waals surface area contributed by atoms with Crippen molar-refractivity contribution in [1.82, 2.24) is 9.97 Å². The maximum Gasteiger partial charge on any atom is 0.141 e. The summed E-state index contributed by atoms with van der Waals surface area (Å²) in [6.45, 7) is 6.33. The molecule has 0 saturated carbocycles. The van der Waals surface area contributed by atoms with E-state index >= 15 is 0 Å². The summed E-state index contributed by atoms with van der Waals surface area (Å²) in [6.07, 6.45) is 6.79. The van der Waals surface area contributed by atoms with Crippen LogP contribution < -0.4 is 9.80 Å². The van der Waals surface area contributed by atoms with E-state index in [4.69, 9.17) is 4.98 Å². The van der Waals surface area contributed by atoms with Gasteiger partial charge in [0.1, 0.15) is 17.0 Å². The van der Waals surface area contributed by atoms with Gasteiger partial charge in [0.15, 0.2) is 0 Å². The van der Waals surface area contributed by atoms with Gasteiger partial charge in [0, 0.05) is 36.7 Å². The summed E-state index contributed by atoms with van der Waals surface area (Å²) in [5.74, 6) is 1.17. The number of hydrogen-bond donors (Lipinski definition) is 0. The van der Waals surface area contributed by atoms with Crippen molar-refractivity contribution < 1.29 is 0 Å². The molecule has 0 unspecified atom stereocenters. The van der Waals surface area contributed by atoms with Crippen LogP contribution in [0.1, 0.15) is 28.8 Å². The Hall–Kier alpha value is -2.14. The van der Waals surface area contributed by atoms with Crippen LogP contribution in [0.3, 0.4) is 0 Å². The number of fused-ring (bicyclic) bond motifs is 3. The molecule has 2 aliphatic rings. The minimum absolute atomic E-state index is 1.02. The smallest absolute Gasteiger partial charge is 0.141 e. The Balaban J connectivity index is 1.43. The topological polar surface area (TPSA) is 32.3 Å². The average molecular weight is 365 g/mol. The molecule has 0 radical (unpaired) electrons. The number of anilines is 2. The van der Waals surface area contributed by atoms with Crippen molar-refractivity contribution in [2.75, 3.05) is 36.0 Å². The molecule has 26 heavy (non-hydrogen) atoms. The third kappa shape index (κ3) is 2.65. The lowest BCUT2D eigenvalue weighted by Crippen LogP contribution is -2.47. The van der Waals surface area contributed by atoms with Gasteiger partial charge in [-0.1, -0.05) is 18.2 Å². The van der Waals surface area contributed by atoms with Crippen molar-refractivity contribution in [3.8, 4) is 0 Å². The van der Waals surface area contributed by atoms with E-state index in [1.165, 1.54) is 58.5 Å². The van der Waals surface area contributed by atoms with Gasteiger partial charge in [-0.15, -0.1) is 11.3 Å². The SMILES string of the molecule is Cc1ccccc1N1CCN(c2ncnc3sc4c(c23)CCCC4)CC1. The summed E-state index contributed by atoms with van der Waals surface area (Å²) >= 11 is 1.89. The van der Waals surface area contributed by atoms with Crippen LogP contribution in [-0.2, 0) is 12.8 Å². The van der Waals surface area contributed by atoms with E-state index in [0.717, 1.165) is 26.2 Å². The molecule has 3 aromatic rings. The first-order valence-electron chi connectivity index (χ1n) is 9.62. The molecule has 1 saturated heterocycles. The predicted molar refractivity (Wildman–Crippen MR) is 110 cm³/mol. The van der Waals surface area contributed by atoms with E-state index in [9.17, 15) is 0 Å². The van der Waals surface area contributed by atoms with Crippen molar-refractivity contribution in [2.24, 2.45) is 0 Å². The lowest BCUT2D eigenvalue weighted by molar-refractivity contribution is 0.647. The van der Waals surface area contributed by atoms with Crippen molar-refractivity contribution in [3.63, 3.8) is 0 Å². The fraction of sp³-hybridized carbons (Fsp3) is 0.429. The largest absolute Gasteiger partial charge is 0.368 e. The van der Waals surface area contributed by atoms with Crippen LogP contribution in [0.5, 0.6) is 0 Å². The number of aromatic nitrogens is 2. The highest BCUT2D eigenvalue weighted by Crippen LogP contribution is 2.39. The average Bonchev–Trinajstić information content (AvgIpc) is 3.07. The van der Waals surface area contributed by atoms with E-state index in [0.29, 0.717) is 0 Å². The van der Waals surface area contributed by atoms with E-state index in [1.807, 2.05) is 11.3 Å². The summed E-state index contributed by atoms with van der Waals surface area (Å²) in [7, 11) is 0. The minimum Gasteiger partial charge on any atom is -0.368 e. The minimum atomic E-state index is 1.02. The Morgan fingerprint density at radius 3 is 2.54 bits per heavy atom. The molecule has 2 aromatic heterocycles. The van der Waals surface area contributed by atoms with Gasteiger partial charge >= 0.3 is 0 Å². The fourth-order valence-corrected chi connectivity index (χ4v) is 5.61. The van der Waals surface area contributed by atoms with Gasteiger partial charge < -0.3 is 9.80 Å². The first-order valence-corrected chi connectivity index (χ1v) is 10.4. The lowest BCUT2D eigenvalue weighted by Gasteiger charge is -2.37. The number of para-hydroxylation sites is 1. The number of thiophene rings is 1. The van der Waals surface area contributed by atoms with Crippen LogP contribution in [0.25, 0.3) is 10.2 Å². The molecular formula is C21H24N4S. The van der Waals surface area contributed by atoms with Gasteiger partial charge in [0.2, 0.25) is 0 Å². The molecule has 0 atom stereocenters. The highest BCUT2D eigenvalue weighted by Gasteiger charge is 2.25. The molecule has 0 bridgehead atoms. The molecule has 0 amide bonds. The maximum absolute atomic E-state index is 4.73. The van der Waals surface area contributed by atoms with E-state index < -0.39 is 0 Å². The monoisotopic (exact) mass is 364 g/mol. The highest BCUT2D eigenvalue weighted by atomic mass is 32.1. The normalized spacial score (nSPS) is 17.6. The first-order chi connectivity index (χ1) is 12.8. The zero-order chi connectivity index (χ0) is 17.5. The molecule has 1 aliphatic carbocycles. The van der Waals surface area contributed by atoms with Crippen molar-refractivity contribution in [1.29, 1.82) is 0 Å². The van der Waals surface area contributed by atoms with Gasteiger partial charge in [0.25, 0.3) is 0 Å². The quantitative estimate of drug-likeness (QED) is 0.682. The summed E-state index contributed by atoms with van der Waals surface area (Å²) in [6, 6.07) is 8.70. The maximum atomic E-state index is 4.73. The van der Waals surface area contributed by atoms with Crippen LogP contribution in [0.15, 0.2) is 30.6 Å². The van der Waals surface area contributed by atoms with Gasteiger partial charge in [0.05, 0.1) is 5.39 Å². The van der Waals surface area contributed by atoms with E-state index in [1.54, 1.807) is 11.2 Å². The summed E-state index contributed by atoms with van der Waals surface area (Å²) < 4.78 is 0. The Morgan fingerprint density at radius 2 is 1.69 bits per heavy atom. The van der Waals surface area contributed by atoms with Gasteiger partial charge in [-0.2, -0.15) is 0 Å². The number of aryl methyl sites for hydroxylation is 3. The molecular weight excluding hydrogens is 340 g/mol. The summed E-state index contributed by atoms with van der Waals surface area (Å²) in [5.41, 5.74) is 4.26. The second-order valence-corrected chi connectivity index (χ2v) is 8.43. The fourth-order valence-electron chi connectivity index (χ4n) is 4.39. The molecule has 4 nitrogen and oxygen atoms in total. The zero-order valence-corrected chi connectivity index (χ0v) is 16.1. The van der Waals surface area contributed by atoms with Crippen LogP contribution in [0.2, 0.25) is 0 Å². The molecule has 5 heteroatoms. The Kier molecular flexibility index (Phi) is 4.04. The summed E-state index contributed by atoms with van der Waals surface area (Å²) in [4.78, 5) is 17.0. The van der Waals surface area contributed by atoms with E-state index in [-0.39, 0.29) is 0 Å². The number of piperazine rings is 1.